The van der Waals surface area contributed by atoms with Crippen LogP contribution in [0.3, 0.4) is 0 Å². The Labute approximate surface area is 186 Å². The molecule has 0 unspecified atom stereocenters. The number of carbonyl (C=O) groups is 3. The van der Waals surface area contributed by atoms with Crippen LogP contribution in [0, 0.1) is 0 Å². The largest absolute Gasteiger partial charge is 0.490 e. The zero-order valence-corrected chi connectivity index (χ0v) is 18.6. The fourth-order valence-corrected chi connectivity index (χ4v) is 3.36. The van der Waals surface area contributed by atoms with Gasteiger partial charge >= 0.3 is 11.9 Å². The Kier molecular flexibility index (Phi) is 6.55. The maximum atomic E-state index is 13.0. The summed E-state index contributed by atoms with van der Waals surface area (Å²) in [5.74, 6) is -1.24. The lowest BCUT2D eigenvalue weighted by Gasteiger charge is -2.13. The Hall–Kier alpha value is -3.46. The molecule has 0 aliphatic carbocycles. The van der Waals surface area contributed by atoms with Crippen molar-refractivity contribution in [3.63, 3.8) is 0 Å². The number of anilines is 1. The van der Waals surface area contributed by atoms with Gasteiger partial charge in [0.2, 0.25) is 0 Å². The number of hydrazone groups is 1. The number of carbonyl (C=O) groups excluding carboxylic acids is 2. The van der Waals surface area contributed by atoms with Crippen LogP contribution in [-0.4, -0.2) is 35.3 Å². The summed E-state index contributed by atoms with van der Waals surface area (Å²) in [6.45, 7) is 5.18. The predicted molar refractivity (Wildman–Crippen MR) is 119 cm³/mol. The summed E-state index contributed by atoms with van der Waals surface area (Å²) >= 11 is 3.44. The van der Waals surface area contributed by atoms with Gasteiger partial charge in [-0.3, -0.25) is 9.59 Å². The van der Waals surface area contributed by atoms with Gasteiger partial charge in [-0.05, 0) is 61.9 Å². The van der Waals surface area contributed by atoms with Crippen molar-refractivity contribution < 1.29 is 29.0 Å². The topological polar surface area (TPSA) is 106 Å². The van der Waals surface area contributed by atoms with Gasteiger partial charge in [-0.25, -0.2) is 4.79 Å². The number of carboxylic acids is 1. The molecule has 3 rings (SSSR count). The van der Waals surface area contributed by atoms with E-state index < -0.39 is 11.9 Å². The molecule has 8 nitrogen and oxygen atoms in total. The van der Waals surface area contributed by atoms with Crippen molar-refractivity contribution in [1.29, 1.82) is 0 Å². The van der Waals surface area contributed by atoms with Crippen LogP contribution < -0.4 is 14.5 Å². The van der Waals surface area contributed by atoms with Gasteiger partial charge in [-0.15, -0.1) is 0 Å². The van der Waals surface area contributed by atoms with E-state index in [1.165, 1.54) is 36.2 Å². The van der Waals surface area contributed by atoms with Crippen LogP contribution in [0.2, 0.25) is 0 Å². The van der Waals surface area contributed by atoms with E-state index in [-0.39, 0.29) is 17.2 Å². The molecule has 160 valence electrons. The molecular formula is C22H19BrN2O6. The summed E-state index contributed by atoms with van der Waals surface area (Å²) < 4.78 is 11.4. The molecule has 9 heteroatoms. The molecule has 0 radical (unpaired) electrons. The summed E-state index contributed by atoms with van der Waals surface area (Å²) in [5, 5.41) is 14.6. The number of amides is 1. The van der Waals surface area contributed by atoms with Gasteiger partial charge in [0, 0.05) is 11.4 Å². The first-order valence-corrected chi connectivity index (χ1v) is 10.1. The molecule has 2 aromatic rings. The number of nitrogens with zero attached hydrogens (tertiary/aromatic N) is 2. The van der Waals surface area contributed by atoms with E-state index in [0.29, 0.717) is 39.4 Å². The minimum atomic E-state index is -1.05. The molecule has 31 heavy (non-hydrogen) atoms. The average molecular weight is 487 g/mol. The molecule has 0 atom stereocenters. The molecule has 1 heterocycles. The Morgan fingerprint density at radius 1 is 1.19 bits per heavy atom. The maximum Gasteiger partial charge on any atom is 0.335 e. The van der Waals surface area contributed by atoms with Crippen LogP contribution in [-0.2, 0) is 9.59 Å². The molecule has 0 saturated heterocycles. The van der Waals surface area contributed by atoms with Gasteiger partial charge in [-0.1, -0.05) is 15.9 Å². The highest BCUT2D eigenvalue weighted by Crippen LogP contribution is 2.36. The zero-order valence-electron chi connectivity index (χ0n) is 17.0. The van der Waals surface area contributed by atoms with E-state index in [4.69, 9.17) is 14.6 Å². The molecule has 0 aromatic heterocycles. The summed E-state index contributed by atoms with van der Waals surface area (Å²) in [6, 6.07) is 9.15. The molecule has 1 N–H and O–H groups in total. The van der Waals surface area contributed by atoms with Crippen LogP contribution >= 0.6 is 15.9 Å². The lowest BCUT2D eigenvalue weighted by molar-refractivity contribution is -0.132. The van der Waals surface area contributed by atoms with Crippen LogP contribution in [0.25, 0.3) is 6.08 Å². The molecule has 0 spiro atoms. The highest BCUT2D eigenvalue weighted by Gasteiger charge is 2.29. The molecule has 1 aliphatic rings. The first-order chi connectivity index (χ1) is 14.7. The van der Waals surface area contributed by atoms with E-state index in [2.05, 4.69) is 21.0 Å². The van der Waals surface area contributed by atoms with Gasteiger partial charge in [0.15, 0.2) is 11.5 Å². The normalized spacial score (nSPS) is 14.6. The van der Waals surface area contributed by atoms with E-state index >= 15 is 0 Å². The molecular weight excluding hydrogens is 468 g/mol. The van der Waals surface area contributed by atoms with Crippen molar-refractivity contribution in [2.45, 2.75) is 20.8 Å². The van der Waals surface area contributed by atoms with E-state index in [9.17, 15) is 14.4 Å². The van der Waals surface area contributed by atoms with Crippen LogP contribution in [0.5, 0.6) is 11.5 Å². The second kappa shape index (κ2) is 9.13. The average Bonchev–Trinajstić information content (AvgIpc) is 2.99. The first kappa shape index (κ1) is 22.2. The third-order valence-corrected chi connectivity index (χ3v) is 5.02. The number of ether oxygens (including phenoxy) is 2. The van der Waals surface area contributed by atoms with Crippen molar-refractivity contribution in [1.82, 2.24) is 0 Å². The SMILES string of the molecule is CCOc1cc(C=C2C(=O)N(c3ccc(C(=O)O)cc3)N=C2C)c(Br)cc1OC(C)=O. The molecule has 0 saturated carbocycles. The highest BCUT2D eigenvalue weighted by atomic mass is 79.9. The summed E-state index contributed by atoms with van der Waals surface area (Å²) in [5.41, 5.74) is 2.08. The highest BCUT2D eigenvalue weighted by molar-refractivity contribution is 9.10. The van der Waals surface area contributed by atoms with Crippen LogP contribution in [0.4, 0.5) is 5.69 Å². The smallest absolute Gasteiger partial charge is 0.335 e. The second-order valence-electron chi connectivity index (χ2n) is 6.56. The quantitative estimate of drug-likeness (QED) is 0.371. The fraction of sp³-hybridized carbons (Fsp3) is 0.182. The number of hydrogen-bond donors (Lipinski definition) is 1. The van der Waals surface area contributed by atoms with Gasteiger partial charge in [0.1, 0.15) is 0 Å². The van der Waals surface area contributed by atoms with Crippen molar-refractivity contribution in [2.24, 2.45) is 5.10 Å². The number of halogens is 1. The van der Waals surface area contributed by atoms with Crippen molar-refractivity contribution in [2.75, 3.05) is 11.6 Å². The van der Waals surface area contributed by atoms with E-state index in [1.807, 2.05) is 6.92 Å². The minimum absolute atomic E-state index is 0.118. The minimum Gasteiger partial charge on any atom is -0.490 e. The Morgan fingerprint density at radius 2 is 1.87 bits per heavy atom. The standard InChI is InChI=1S/C22H19BrN2O6/c1-4-30-19-10-15(18(23)11-20(19)31-13(3)26)9-17-12(2)24-25(21(17)27)16-7-5-14(6-8-16)22(28)29/h5-11H,4H2,1-3H3,(H,28,29). The molecule has 0 bridgehead atoms. The van der Waals surface area contributed by atoms with Gasteiger partial charge in [0.25, 0.3) is 5.91 Å². The number of rotatable bonds is 6. The fourth-order valence-electron chi connectivity index (χ4n) is 2.92. The number of aromatic carboxylic acids is 1. The van der Waals surface area contributed by atoms with Crippen LogP contribution in [0.1, 0.15) is 36.7 Å². The summed E-state index contributed by atoms with van der Waals surface area (Å²) in [4.78, 5) is 35.4. The van der Waals surface area contributed by atoms with Gasteiger partial charge in [0.05, 0.1) is 29.1 Å². The predicted octanol–water partition coefficient (Wildman–Crippen LogP) is 4.28. The maximum absolute atomic E-state index is 13.0. The first-order valence-electron chi connectivity index (χ1n) is 9.31. The zero-order chi connectivity index (χ0) is 22.7. The van der Waals surface area contributed by atoms with Gasteiger partial charge in [-0.2, -0.15) is 10.1 Å². The lowest BCUT2D eigenvalue weighted by atomic mass is 10.1. The summed E-state index contributed by atoms with van der Waals surface area (Å²) in [7, 11) is 0. The number of carboxylic acid groups (broad SMARTS) is 1. The third-order valence-electron chi connectivity index (χ3n) is 4.34. The molecule has 0 fully saturated rings. The van der Waals surface area contributed by atoms with Crippen LogP contribution in [0.15, 0.2) is 51.5 Å². The Bertz CT molecular complexity index is 1120. The molecule has 1 amide bonds. The summed E-state index contributed by atoms with van der Waals surface area (Å²) in [6.07, 6.45) is 1.66. The number of hydrogen-bond acceptors (Lipinski definition) is 6. The second-order valence-corrected chi connectivity index (χ2v) is 7.41. The molecule has 2 aromatic carbocycles. The third kappa shape index (κ3) is 4.83. The van der Waals surface area contributed by atoms with Crippen molar-refractivity contribution in [3.8, 4) is 11.5 Å². The lowest BCUT2D eigenvalue weighted by Crippen LogP contribution is -2.21. The van der Waals surface area contributed by atoms with Gasteiger partial charge < -0.3 is 14.6 Å². The van der Waals surface area contributed by atoms with Crippen molar-refractivity contribution in [3.05, 3.63) is 57.6 Å². The monoisotopic (exact) mass is 486 g/mol. The Balaban J connectivity index is 1.95. The van der Waals surface area contributed by atoms with E-state index in [0.717, 1.165) is 0 Å². The van der Waals surface area contributed by atoms with Crippen molar-refractivity contribution >= 4 is 51.3 Å². The molecule has 1 aliphatic heterocycles. The number of benzene rings is 2. The number of esters is 1. The van der Waals surface area contributed by atoms with E-state index in [1.54, 1.807) is 25.1 Å². The Morgan fingerprint density at radius 3 is 2.45 bits per heavy atom.